The van der Waals surface area contributed by atoms with Crippen molar-refractivity contribution in [3.8, 4) is 0 Å². The molecule has 80 valence electrons. The van der Waals surface area contributed by atoms with Crippen molar-refractivity contribution in [2.24, 2.45) is 11.7 Å². The lowest BCUT2D eigenvalue weighted by Gasteiger charge is -2.17. The van der Waals surface area contributed by atoms with E-state index >= 15 is 0 Å². The predicted octanol–water partition coefficient (Wildman–Crippen LogP) is 3.42. The van der Waals surface area contributed by atoms with Crippen LogP contribution in [-0.2, 0) is 6.18 Å². The van der Waals surface area contributed by atoms with Gasteiger partial charge >= 0.3 is 6.18 Å². The summed E-state index contributed by atoms with van der Waals surface area (Å²) in [6, 6.07) is 0.550. The van der Waals surface area contributed by atoms with Gasteiger partial charge in [0.1, 0.15) is 0 Å². The normalized spacial score (nSPS) is 14.8. The van der Waals surface area contributed by atoms with Gasteiger partial charge in [-0.1, -0.05) is 13.8 Å². The summed E-state index contributed by atoms with van der Waals surface area (Å²) in [7, 11) is 0. The van der Waals surface area contributed by atoms with Gasteiger partial charge in [0.05, 0.1) is 5.56 Å². The Morgan fingerprint density at radius 1 is 1.36 bits per heavy atom. The quantitative estimate of drug-likeness (QED) is 0.816. The molecular formula is C9H12F3NS. The van der Waals surface area contributed by atoms with Crippen molar-refractivity contribution in [3.63, 3.8) is 0 Å². The first-order valence-electron chi connectivity index (χ1n) is 4.24. The zero-order valence-electron chi connectivity index (χ0n) is 7.93. The molecule has 0 bridgehead atoms. The van der Waals surface area contributed by atoms with Gasteiger partial charge in [-0.25, -0.2) is 0 Å². The molecule has 0 radical (unpaired) electrons. The predicted molar refractivity (Wildman–Crippen MR) is 51.1 cm³/mol. The maximum Gasteiger partial charge on any atom is 0.417 e. The summed E-state index contributed by atoms with van der Waals surface area (Å²) in [5.41, 5.74) is 5.10. The molecule has 1 atom stereocenters. The highest BCUT2D eigenvalue weighted by molar-refractivity contribution is 7.10. The molecule has 1 nitrogen and oxygen atoms in total. The van der Waals surface area contributed by atoms with Gasteiger partial charge in [0.15, 0.2) is 0 Å². The molecule has 0 amide bonds. The number of nitrogens with two attached hydrogens (primary N) is 1. The van der Waals surface area contributed by atoms with Crippen molar-refractivity contribution in [1.82, 2.24) is 0 Å². The van der Waals surface area contributed by atoms with Crippen LogP contribution in [0.2, 0.25) is 0 Å². The maximum atomic E-state index is 12.5. The molecule has 0 aliphatic carbocycles. The fraction of sp³-hybridized carbons (Fsp3) is 0.556. The highest BCUT2D eigenvalue weighted by Gasteiger charge is 2.35. The van der Waals surface area contributed by atoms with E-state index < -0.39 is 17.8 Å². The summed E-state index contributed by atoms with van der Waals surface area (Å²) in [4.78, 5) is 0.229. The standard InChI is InChI=1S/C9H12F3NS/c1-5(2)7(13)8-6(3-4-14-8)9(10,11)12/h3-5,7H,13H2,1-2H3. The number of thiophene rings is 1. The molecule has 0 spiro atoms. The Kier molecular flexibility index (Phi) is 3.21. The molecule has 1 aromatic rings. The highest BCUT2D eigenvalue weighted by atomic mass is 32.1. The SMILES string of the molecule is CC(C)C(N)c1sccc1C(F)(F)F. The third-order valence-corrected chi connectivity index (χ3v) is 3.04. The fourth-order valence-corrected chi connectivity index (χ4v) is 2.21. The molecule has 1 unspecified atom stereocenters. The van der Waals surface area contributed by atoms with Gasteiger partial charge in [-0.05, 0) is 17.4 Å². The van der Waals surface area contributed by atoms with Crippen molar-refractivity contribution in [1.29, 1.82) is 0 Å². The Balaban J connectivity index is 3.05. The molecule has 0 saturated carbocycles. The number of rotatable bonds is 2. The summed E-state index contributed by atoms with van der Waals surface area (Å²) >= 11 is 1.07. The lowest BCUT2D eigenvalue weighted by atomic mass is 10.0. The van der Waals surface area contributed by atoms with E-state index in [1.165, 1.54) is 5.38 Å². The Labute approximate surface area is 84.7 Å². The van der Waals surface area contributed by atoms with E-state index in [2.05, 4.69) is 0 Å². The first kappa shape index (κ1) is 11.5. The summed E-state index contributed by atoms with van der Waals surface area (Å²) in [5.74, 6) is 0.00903. The van der Waals surface area contributed by atoms with Crippen LogP contribution in [0.3, 0.4) is 0 Å². The molecule has 0 aliphatic rings. The molecular weight excluding hydrogens is 211 g/mol. The van der Waals surface area contributed by atoms with Crippen LogP contribution in [0.5, 0.6) is 0 Å². The molecule has 0 fully saturated rings. The van der Waals surface area contributed by atoms with E-state index in [9.17, 15) is 13.2 Å². The highest BCUT2D eigenvalue weighted by Crippen LogP contribution is 2.38. The summed E-state index contributed by atoms with van der Waals surface area (Å²) in [6.07, 6.45) is -4.29. The maximum absolute atomic E-state index is 12.5. The lowest BCUT2D eigenvalue weighted by molar-refractivity contribution is -0.138. The van der Waals surface area contributed by atoms with Crippen molar-refractivity contribution in [3.05, 3.63) is 21.9 Å². The minimum Gasteiger partial charge on any atom is -0.323 e. The minimum absolute atomic E-state index is 0.00903. The van der Waals surface area contributed by atoms with Gasteiger partial charge in [-0.15, -0.1) is 11.3 Å². The van der Waals surface area contributed by atoms with Crippen LogP contribution >= 0.6 is 11.3 Å². The topological polar surface area (TPSA) is 26.0 Å². The molecule has 0 aromatic carbocycles. The summed E-state index contributed by atoms with van der Waals surface area (Å²) < 4.78 is 37.4. The van der Waals surface area contributed by atoms with E-state index in [1.807, 2.05) is 13.8 Å². The second kappa shape index (κ2) is 3.90. The zero-order valence-corrected chi connectivity index (χ0v) is 8.75. The minimum atomic E-state index is -4.29. The smallest absolute Gasteiger partial charge is 0.323 e. The van der Waals surface area contributed by atoms with Crippen LogP contribution in [0.4, 0.5) is 13.2 Å². The van der Waals surface area contributed by atoms with Crippen LogP contribution in [-0.4, -0.2) is 0 Å². The molecule has 2 N–H and O–H groups in total. The van der Waals surface area contributed by atoms with Gasteiger partial charge in [0.25, 0.3) is 0 Å². The van der Waals surface area contributed by atoms with Crippen LogP contribution in [0.15, 0.2) is 11.4 Å². The first-order chi connectivity index (χ1) is 6.34. The van der Waals surface area contributed by atoms with Gasteiger partial charge in [-0.2, -0.15) is 13.2 Å². The Hall–Kier alpha value is -0.550. The first-order valence-corrected chi connectivity index (χ1v) is 5.12. The molecule has 5 heteroatoms. The molecule has 1 rings (SSSR count). The molecule has 14 heavy (non-hydrogen) atoms. The largest absolute Gasteiger partial charge is 0.417 e. The van der Waals surface area contributed by atoms with Crippen molar-refractivity contribution < 1.29 is 13.2 Å². The summed E-state index contributed by atoms with van der Waals surface area (Å²) in [5, 5.41) is 1.43. The van der Waals surface area contributed by atoms with Gasteiger partial charge in [0.2, 0.25) is 0 Å². The fourth-order valence-electron chi connectivity index (χ4n) is 1.12. The Morgan fingerprint density at radius 2 is 1.93 bits per heavy atom. The number of hydrogen-bond acceptors (Lipinski definition) is 2. The number of alkyl halides is 3. The van der Waals surface area contributed by atoms with E-state index in [0.717, 1.165) is 17.4 Å². The third-order valence-electron chi connectivity index (χ3n) is 2.02. The van der Waals surface area contributed by atoms with Crippen molar-refractivity contribution >= 4 is 11.3 Å². The lowest BCUT2D eigenvalue weighted by Crippen LogP contribution is -2.19. The zero-order chi connectivity index (χ0) is 10.9. The third kappa shape index (κ3) is 2.27. The molecule has 0 aliphatic heterocycles. The van der Waals surface area contributed by atoms with E-state index in [0.29, 0.717) is 0 Å². The van der Waals surface area contributed by atoms with E-state index in [-0.39, 0.29) is 10.8 Å². The average Bonchev–Trinajstić information content (AvgIpc) is 2.48. The van der Waals surface area contributed by atoms with Crippen LogP contribution in [0, 0.1) is 5.92 Å². The second-order valence-electron chi connectivity index (χ2n) is 3.47. The van der Waals surface area contributed by atoms with Crippen LogP contribution < -0.4 is 5.73 Å². The van der Waals surface area contributed by atoms with Gasteiger partial charge < -0.3 is 5.73 Å². The van der Waals surface area contributed by atoms with Crippen LogP contribution in [0.1, 0.15) is 30.3 Å². The Morgan fingerprint density at radius 3 is 2.36 bits per heavy atom. The molecule has 1 heterocycles. The van der Waals surface area contributed by atoms with Gasteiger partial charge in [0, 0.05) is 10.9 Å². The van der Waals surface area contributed by atoms with E-state index in [1.54, 1.807) is 0 Å². The monoisotopic (exact) mass is 223 g/mol. The number of hydrogen-bond donors (Lipinski definition) is 1. The molecule has 1 aromatic heterocycles. The molecule has 0 saturated heterocycles. The Bertz CT molecular complexity index is 303. The number of halogens is 3. The second-order valence-corrected chi connectivity index (χ2v) is 4.41. The van der Waals surface area contributed by atoms with Crippen LogP contribution in [0.25, 0.3) is 0 Å². The summed E-state index contributed by atoms with van der Waals surface area (Å²) in [6.45, 7) is 3.62. The van der Waals surface area contributed by atoms with E-state index in [4.69, 9.17) is 5.73 Å². The van der Waals surface area contributed by atoms with Crippen molar-refractivity contribution in [2.75, 3.05) is 0 Å². The van der Waals surface area contributed by atoms with Crippen molar-refractivity contribution in [2.45, 2.75) is 26.1 Å². The van der Waals surface area contributed by atoms with Gasteiger partial charge in [-0.3, -0.25) is 0 Å². The average molecular weight is 223 g/mol.